The van der Waals surface area contributed by atoms with Crippen molar-refractivity contribution in [1.29, 1.82) is 0 Å². The lowest BCUT2D eigenvalue weighted by Crippen LogP contribution is -2.06. The van der Waals surface area contributed by atoms with Crippen LogP contribution in [0.1, 0.15) is 11.1 Å². The fourth-order valence-electron chi connectivity index (χ4n) is 1.80. The van der Waals surface area contributed by atoms with Crippen LogP contribution in [0.25, 0.3) is 11.1 Å². The zero-order chi connectivity index (χ0) is 12.4. The van der Waals surface area contributed by atoms with E-state index in [1.807, 2.05) is 26.0 Å². The van der Waals surface area contributed by atoms with Gasteiger partial charge in [-0.1, -0.05) is 12.1 Å². The van der Waals surface area contributed by atoms with Crippen LogP contribution in [0.5, 0.6) is 5.75 Å². The van der Waals surface area contributed by atoms with Crippen LogP contribution in [0.2, 0.25) is 0 Å². The molecule has 2 aromatic rings. The minimum Gasteiger partial charge on any atom is -0.496 e. The van der Waals surface area contributed by atoms with Gasteiger partial charge in [0.15, 0.2) is 0 Å². The third-order valence-electron chi connectivity index (χ3n) is 2.86. The van der Waals surface area contributed by atoms with Gasteiger partial charge in [-0.05, 0) is 25.0 Å². The molecular weight excluding hydrogens is 216 g/mol. The SMILES string of the molecule is COc1c(-c2cn[nH]c(=O)c2)ccc(C)c1C. The van der Waals surface area contributed by atoms with E-state index in [0.717, 1.165) is 28.0 Å². The number of H-pyrrole nitrogens is 1. The van der Waals surface area contributed by atoms with Crippen LogP contribution in [0.4, 0.5) is 0 Å². The largest absolute Gasteiger partial charge is 0.496 e. The second-order valence-corrected chi connectivity index (χ2v) is 3.92. The summed E-state index contributed by atoms with van der Waals surface area (Å²) in [7, 11) is 1.63. The fraction of sp³-hybridized carbons (Fsp3) is 0.231. The maximum atomic E-state index is 11.3. The number of methoxy groups -OCH3 is 1. The zero-order valence-electron chi connectivity index (χ0n) is 10.1. The van der Waals surface area contributed by atoms with Crippen LogP contribution >= 0.6 is 0 Å². The summed E-state index contributed by atoms with van der Waals surface area (Å²) in [4.78, 5) is 11.3. The van der Waals surface area contributed by atoms with E-state index in [4.69, 9.17) is 4.74 Å². The normalized spacial score (nSPS) is 10.3. The Balaban J connectivity index is 2.68. The summed E-state index contributed by atoms with van der Waals surface area (Å²) in [6, 6.07) is 5.46. The van der Waals surface area contributed by atoms with Crippen molar-refractivity contribution in [3.05, 3.63) is 45.9 Å². The summed E-state index contributed by atoms with van der Waals surface area (Å²) in [6.07, 6.45) is 1.62. The quantitative estimate of drug-likeness (QED) is 0.859. The number of hydrogen-bond donors (Lipinski definition) is 1. The van der Waals surface area contributed by atoms with Gasteiger partial charge in [-0.2, -0.15) is 5.10 Å². The lowest BCUT2D eigenvalue weighted by Gasteiger charge is -2.13. The Morgan fingerprint density at radius 1 is 1.29 bits per heavy atom. The van der Waals surface area contributed by atoms with Crippen LogP contribution in [-0.4, -0.2) is 17.3 Å². The third-order valence-corrected chi connectivity index (χ3v) is 2.86. The van der Waals surface area contributed by atoms with E-state index in [0.29, 0.717) is 0 Å². The molecule has 4 heteroatoms. The first kappa shape index (κ1) is 11.4. The molecule has 0 saturated carbocycles. The average Bonchev–Trinajstić information content (AvgIpc) is 2.32. The summed E-state index contributed by atoms with van der Waals surface area (Å²) in [5, 5.41) is 6.15. The van der Waals surface area contributed by atoms with Crippen molar-refractivity contribution in [2.75, 3.05) is 7.11 Å². The van der Waals surface area contributed by atoms with Gasteiger partial charge in [0.05, 0.1) is 13.3 Å². The monoisotopic (exact) mass is 230 g/mol. The standard InChI is InChI=1S/C13H14N2O2/c1-8-4-5-11(13(17-3)9(8)2)10-6-12(16)15-14-7-10/h4-7H,1-3H3,(H,15,16). The first-order chi connectivity index (χ1) is 8.13. The van der Waals surface area contributed by atoms with Gasteiger partial charge in [0.2, 0.25) is 0 Å². The highest BCUT2D eigenvalue weighted by atomic mass is 16.5. The number of ether oxygens (including phenoxy) is 1. The summed E-state index contributed by atoms with van der Waals surface area (Å²) < 4.78 is 5.41. The van der Waals surface area contributed by atoms with Gasteiger partial charge in [-0.3, -0.25) is 4.79 Å². The van der Waals surface area contributed by atoms with E-state index in [1.54, 1.807) is 13.3 Å². The molecule has 0 aliphatic carbocycles. The molecule has 0 saturated heterocycles. The molecule has 0 atom stereocenters. The van der Waals surface area contributed by atoms with E-state index in [-0.39, 0.29) is 5.56 Å². The average molecular weight is 230 g/mol. The molecule has 0 spiro atoms. The van der Waals surface area contributed by atoms with Gasteiger partial charge in [-0.25, -0.2) is 5.10 Å². The summed E-state index contributed by atoms with van der Waals surface area (Å²) in [5.41, 5.74) is 3.65. The van der Waals surface area contributed by atoms with Crippen molar-refractivity contribution in [2.24, 2.45) is 0 Å². The summed E-state index contributed by atoms with van der Waals surface area (Å²) in [6.45, 7) is 4.02. The molecule has 0 unspecified atom stereocenters. The van der Waals surface area contributed by atoms with Crippen LogP contribution in [0.15, 0.2) is 29.2 Å². The van der Waals surface area contributed by atoms with E-state index in [9.17, 15) is 4.79 Å². The van der Waals surface area contributed by atoms with E-state index in [1.165, 1.54) is 6.07 Å². The van der Waals surface area contributed by atoms with Crippen molar-refractivity contribution < 1.29 is 4.74 Å². The molecule has 0 aliphatic rings. The molecule has 4 nitrogen and oxygen atoms in total. The van der Waals surface area contributed by atoms with Gasteiger partial charge >= 0.3 is 0 Å². The minimum absolute atomic E-state index is 0.220. The van der Waals surface area contributed by atoms with Crippen molar-refractivity contribution in [3.63, 3.8) is 0 Å². The van der Waals surface area contributed by atoms with Gasteiger partial charge in [0.25, 0.3) is 5.56 Å². The molecular formula is C13H14N2O2. The second-order valence-electron chi connectivity index (χ2n) is 3.92. The highest BCUT2D eigenvalue weighted by molar-refractivity contribution is 5.72. The van der Waals surface area contributed by atoms with Gasteiger partial charge in [0, 0.05) is 17.2 Å². The lowest BCUT2D eigenvalue weighted by atomic mass is 10.0. The molecule has 0 amide bonds. The number of hydrogen-bond acceptors (Lipinski definition) is 3. The highest BCUT2D eigenvalue weighted by Gasteiger charge is 2.10. The molecule has 1 aromatic heterocycles. The van der Waals surface area contributed by atoms with Crippen LogP contribution in [-0.2, 0) is 0 Å². The molecule has 0 bridgehead atoms. The van der Waals surface area contributed by atoms with Crippen molar-refractivity contribution in [2.45, 2.75) is 13.8 Å². The Hall–Kier alpha value is -2.10. The van der Waals surface area contributed by atoms with Crippen molar-refractivity contribution >= 4 is 0 Å². The number of aromatic amines is 1. The maximum absolute atomic E-state index is 11.3. The molecule has 88 valence electrons. The Kier molecular flexibility index (Phi) is 2.95. The molecule has 1 N–H and O–H groups in total. The Morgan fingerprint density at radius 3 is 2.71 bits per heavy atom. The molecule has 17 heavy (non-hydrogen) atoms. The van der Waals surface area contributed by atoms with Gasteiger partial charge in [0.1, 0.15) is 5.75 Å². The van der Waals surface area contributed by atoms with Gasteiger partial charge in [-0.15, -0.1) is 0 Å². The maximum Gasteiger partial charge on any atom is 0.264 e. The van der Waals surface area contributed by atoms with Crippen LogP contribution < -0.4 is 10.3 Å². The van der Waals surface area contributed by atoms with E-state index >= 15 is 0 Å². The molecule has 1 heterocycles. The fourth-order valence-corrected chi connectivity index (χ4v) is 1.80. The number of benzene rings is 1. The number of aromatic nitrogens is 2. The topological polar surface area (TPSA) is 55.0 Å². The summed E-state index contributed by atoms with van der Waals surface area (Å²) >= 11 is 0. The minimum atomic E-state index is -0.220. The predicted octanol–water partition coefficient (Wildman–Crippen LogP) is 2.06. The number of nitrogens with one attached hydrogen (secondary N) is 1. The van der Waals surface area contributed by atoms with Crippen LogP contribution in [0, 0.1) is 13.8 Å². The molecule has 1 aromatic carbocycles. The first-order valence-electron chi connectivity index (χ1n) is 5.33. The van der Waals surface area contributed by atoms with Crippen molar-refractivity contribution in [3.8, 4) is 16.9 Å². The number of nitrogens with zero attached hydrogens (tertiary/aromatic N) is 1. The highest BCUT2D eigenvalue weighted by Crippen LogP contribution is 2.33. The van der Waals surface area contributed by atoms with Crippen molar-refractivity contribution in [1.82, 2.24) is 10.2 Å². The van der Waals surface area contributed by atoms with E-state index in [2.05, 4.69) is 10.2 Å². The molecule has 0 fully saturated rings. The second kappa shape index (κ2) is 4.41. The van der Waals surface area contributed by atoms with Gasteiger partial charge < -0.3 is 4.74 Å². The smallest absolute Gasteiger partial charge is 0.264 e. The van der Waals surface area contributed by atoms with E-state index < -0.39 is 0 Å². The molecule has 2 rings (SSSR count). The zero-order valence-corrected chi connectivity index (χ0v) is 10.1. The predicted molar refractivity (Wildman–Crippen MR) is 66.3 cm³/mol. The lowest BCUT2D eigenvalue weighted by molar-refractivity contribution is 0.413. The Labute approximate surface area is 99.3 Å². The third kappa shape index (κ3) is 2.06. The first-order valence-corrected chi connectivity index (χ1v) is 5.33. The Morgan fingerprint density at radius 2 is 2.06 bits per heavy atom. The number of aryl methyl sites for hydroxylation is 1. The van der Waals surface area contributed by atoms with Crippen LogP contribution in [0.3, 0.4) is 0 Å². The number of rotatable bonds is 2. The molecule has 0 radical (unpaired) electrons. The molecule has 0 aliphatic heterocycles. The summed E-state index contributed by atoms with van der Waals surface area (Å²) in [5.74, 6) is 0.789. The Bertz CT molecular complexity index is 603.